The van der Waals surface area contributed by atoms with E-state index in [-0.39, 0.29) is 72.0 Å². The smallest absolute Gasteiger partial charge is 0.315 e. The first kappa shape index (κ1) is 46.8. The van der Waals surface area contributed by atoms with Crippen molar-refractivity contribution in [3.63, 3.8) is 0 Å². The number of ketones is 1. The van der Waals surface area contributed by atoms with Gasteiger partial charge < -0.3 is 44.9 Å². The molecule has 3 heterocycles. The fourth-order valence-electron chi connectivity index (χ4n) is 8.08. The lowest BCUT2D eigenvalue weighted by atomic mass is 9.75. The Hall–Kier alpha value is -4.72. The van der Waals surface area contributed by atoms with Crippen LogP contribution in [0.4, 0.5) is 10.5 Å². The molecular formula is C47H61N5O9S. The van der Waals surface area contributed by atoms with Gasteiger partial charge in [-0.15, -0.1) is 0 Å². The van der Waals surface area contributed by atoms with Crippen molar-refractivity contribution >= 4 is 46.8 Å². The zero-order chi connectivity index (χ0) is 43.7. The van der Waals surface area contributed by atoms with Gasteiger partial charge in [0.15, 0.2) is 5.78 Å². The topological polar surface area (TPSA) is 177 Å². The number of aliphatic hydroxyl groups excluding tert-OH is 1. The summed E-state index contributed by atoms with van der Waals surface area (Å²) >= 11 is 1.89. The number of para-hydroxylation sites is 1. The molecular weight excluding hydrogens is 811 g/mol. The molecule has 2 fully saturated rings. The van der Waals surface area contributed by atoms with E-state index in [4.69, 9.17) is 23.9 Å². The molecule has 2 aromatic rings. The van der Waals surface area contributed by atoms with E-state index in [2.05, 4.69) is 27.8 Å². The van der Waals surface area contributed by atoms with E-state index in [0.717, 1.165) is 47.4 Å². The fourth-order valence-corrected chi connectivity index (χ4v) is 9.63. The number of Topliss-reactive ketones (excluding diaryl/α,β-unsaturated/α-hetero) is 1. The van der Waals surface area contributed by atoms with E-state index >= 15 is 0 Å². The fraction of sp³-hybridized carbons (Fsp3) is 0.553. The molecule has 14 nitrogen and oxygen atoms in total. The molecule has 0 radical (unpaired) electrons. The highest BCUT2D eigenvalue weighted by Gasteiger charge is 2.42. The average molecular weight is 872 g/mol. The summed E-state index contributed by atoms with van der Waals surface area (Å²) in [7, 11) is 0. The number of aliphatic hydroxyl groups is 1. The highest BCUT2D eigenvalue weighted by Crippen LogP contribution is 2.37. The van der Waals surface area contributed by atoms with Crippen LogP contribution in [0.2, 0.25) is 0 Å². The minimum Gasteiger partial charge on any atom is -0.511 e. The quantitative estimate of drug-likeness (QED) is 0.0471. The number of carbonyl (C=O) groups excluding carboxylic acids is 4. The maximum Gasteiger partial charge on any atom is 0.315 e. The molecule has 0 saturated carbocycles. The Labute approximate surface area is 369 Å². The maximum absolute atomic E-state index is 13.8. The largest absolute Gasteiger partial charge is 0.511 e. The molecule has 4 N–H and O–H groups in total. The van der Waals surface area contributed by atoms with Crippen molar-refractivity contribution in [1.82, 2.24) is 16.0 Å². The second kappa shape index (κ2) is 23.6. The number of amides is 4. The van der Waals surface area contributed by atoms with Crippen molar-refractivity contribution in [3.05, 3.63) is 76.6 Å². The lowest BCUT2D eigenvalue weighted by Gasteiger charge is -2.30. The molecule has 0 aromatic heterocycles. The summed E-state index contributed by atoms with van der Waals surface area (Å²) in [5, 5.41) is 20.3. The number of nitrogens with zero attached hydrogens (tertiary/aromatic N) is 2. The average Bonchev–Trinajstić information content (AvgIpc) is 3.79. The van der Waals surface area contributed by atoms with Crippen LogP contribution in [0, 0.1) is 17.3 Å². The first-order valence-corrected chi connectivity index (χ1v) is 22.9. The van der Waals surface area contributed by atoms with Gasteiger partial charge in [-0.3, -0.25) is 19.4 Å². The standard InChI is InChI=1S/C47H61N5O9S/c1-47(2)29-39(53)44(40(54)30-47)36(48-19-17-43(56)52-31-35-11-4-3-9-33(35)15-16-34-10-5-6-12-38(34)52)18-21-58-23-25-60-27-28-61-26-24-59-22-20-49-42(55)14-8-7-13-41-45-37(32-62-41)50-46(57)51-45/h3-6,9-12,37,41,45,53H,7-8,13-14,17-32H2,1-2H3,(H,49,55)(H2,50,51,57)/t37-,41?,45+/m1/s1. The van der Waals surface area contributed by atoms with Gasteiger partial charge in [-0.2, -0.15) is 11.8 Å². The SMILES string of the molecule is CC1(C)CC(=O)C(C(CCOCCOCCOCCOCCNC(=O)CCCCC2SC[C@H]3NC(=O)N[C@H]23)=NCCC(=O)N2Cc3ccccc3C#Cc3ccccc32)=C(O)C1. The summed E-state index contributed by atoms with van der Waals surface area (Å²) in [6.07, 6.45) is 4.30. The van der Waals surface area contributed by atoms with Gasteiger partial charge in [0.05, 0.1) is 88.5 Å². The molecule has 6 rings (SSSR count). The zero-order valence-electron chi connectivity index (χ0n) is 36.0. The van der Waals surface area contributed by atoms with E-state index in [1.807, 2.05) is 74.1 Å². The number of unbranched alkanes of at least 4 members (excludes halogenated alkanes) is 1. The molecule has 0 spiro atoms. The number of nitrogens with one attached hydrogen (secondary N) is 3. The van der Waals surface area contributed by atoms with Crippen molar-refractivity contribution in [2.24, 2.45) is 10.4 Å². The van der Waals surface area contributed by atoms with Gasteiger partial charge in [0, 0.05) is 67.3 Å². The number of carbonyl (C=O) groups is 4. The molecule has 334 valence electrons. The van der Waals surface area contributed by atoms with Crippen molar-refractivity contribution in [2.75, 3.05) is 76.6 Å². The van der Waals surface area contributed by atoms with E-state index in [9.17, 15) is 24.3 Å². The number of rotatable bonds is 24. The molecule has 62 heavy (non-hydrogen) atoms. The van der Waals surface area contributed by atoms with Gasteiger partial charge >= 0.3 is 6.03 Å². The third-order valence-electron chi connectivity index (χ3n) is 11.2. The molecule has 3 aliphatic heterocycles. The Morgan fingerprint density at radius 1 is 0.855 bits per heavy atom. The number of thioether (sulfide) groups is 1. The van der Waals surface area contributed by atoms with Crippen LogP contribution in [0.15, 0.2) is 64.9 Å². The van der Waals surface area contributed by atoms with Gasteiger partial charge in [-0.25, -0.2) is 4.79 Å². The second-order valence-corrected chi connectivity index (χ2v) is 17.9. The normalized spacial score (nSPS) is 20.3. The second-order valence-electron chi connectivity index (χ2n) is 16.7. The molecule has 2 saturated heterocycles. The Balaban J connectivity index is 0.834. The molecule has 1 aliphatic carbocycles. The van der Waals surface area contributed by atoms with Crippen molar-refractivity contribution in [1.29, 1.82) is 0 Å². The lowest BCUT2D eigenvalue weighted by Crippen LogP contribution is -2.36. The van der Waals surface area contributed by atoms with E-state index in [1.54, 1.807) is 4.90 Å². The molecule has 4 amide bonds. The summed E-state index contributed by atoms with van der Waals surface area (Å²) in [6, 6.07) is 15.8. The number of allylic oxidation sites excluding steroid dienone is 2. The summed E-state index contributed by atoms with van der Waals surface area (Å²) < 4.78 is 22.6. The minimum atomic E-state index is -0.357. The predicted octanol–water partition coefficient (Wildman–Crippen LogP) is 5.26. The number of aliphatic imine (C=N–C) groups is 1. The lowest BCUT2D eigenvalue weighted by molar-refractivity contribution is -0.121. The van der Waals surface area contributed by atoms with Crippen LogP contribution in [0.3, 0.4) is 0 Å². The highest BCUT2D eigenvalue weighted by molar-refractivity contribution is 8.00. The number of hydrogen-bond donors (Lipinski definition) is 4. The van der Waals surface area contributed by atoms with Crippen molar-refractivity contribution in [2.45, 2.75) is 89.1 Å². The van der Waals surface area contributed by atoms with Gasteiger partial charge in [0.2, 0.25) is 11.8 Å². The molecule has 1 unspecified atom stereocenters. The van der Waals surface area contributed by atoms with Gasteiger partial charge in [0.25, 0.3) is 0 Å². The van der Waals surface area contributed by atoms with Gasteiger partial charge in [-0.05, 0) is 42.0 Å². The predicted molar refractivity (Wildman–Crippen MR) is 240 cm³/mol. The Kier molecular flexibility index (Phi) is 17.8. The first-order chi connectivity index (χ1) is 30.1. The number of hydrogen-bond acceptors (Lipinski definition) is 11. The first-order valence-electron chi connectivity index (χ1n) is 21.8. The van der Waals surface area contributed by atoms with Crippen LogP contribution in [0.5, 0.6) is 0 Å². The van der Waals surface area contributed by atoms with Gasteiger partial charge in [0.1, 0.15) is 5.76 Å². The number of fused-ring (bicyclic) bond motifs is 3. The third kappa shape index (κ3) is 13.9. The molecule has 2 aromatic carbocycles. The van der Waals surface area contributed by atoms with Crippen LogP contribution in [0.1, 0.15) is 81.9 Å². The Morgan fingerprint density at radius 2 is 1.53 bits per heavy atom. The number of anilines is 1. The third-order valence-corrected chi connectivity index (χ3v) is 12.7. The van der Waals surface area contributed by atoms with Crippen LogP contribution in [0.25, 0.3) is 0 Å². The molecule has 4 aliphatic rings. The summed E-state index contributed by atoms with van der Waals surface area (Å²) in [5.41, 5.74) is 3.69. The van der Waals surface area contributed by atoms with E-state index < -0.39 is 0 Å². The highest BCUT2D eigenvalue weighted by atomic mass is 32.2. The summed E-state index contributed by atoms with van der Waals surface area (Å²) in [5.74, 6) is 7.18. The van der Waals surface area contributed by atoms with Crippen LogP contribution >= 0.6 is 11.8 Å². The van der Waals surface area contributed by atoms with Gasteiger partial charge in [-0.1, -0.05) is 62.4 Å². The summed E-state index contributed by atoms with van der Waals surface area (Å²) in [6.45, 7) is 7.81. The van der Waals surface area contributed by atoms with E-state index in [1.165, 1.54) is 0 Å². The van der Waals surface area contributed by atoms with Crippen LogP contribution in [-0.2, 0) is 39.9 Å². The Morgan fingerprint density at radius 3 is 2.29 bits per heavy atom. The number of urea groups is 1. The monoisotopic (exact) mass is 871 g/mol. The van der Waals surface area contributed by atoms with Crippen LogP contribution in [-0.4, -0.2) is 123 Å². The zero-order valence-corrected chi connectivity index (χ0v) is 36.8. The minimum absolute atomic E-state index is 0.0188. The van der Waals surface area contributed by atoms with Crippen molar-refractivity contribution < 1.29 is 43.2 Å². The maximum atomic E-state index is 13.8. The summed E-state index contributed by atoms with van der Waals surface area (Å²) in [4.78, 5) is 57.3. The molecule has 3 atom stereocenters. The van der Waals surface area contributed by atoms with Crippen LogP contribution < -0.4 is 20.9 Å². The van der Waals surface area contributed by atoms with E-state index in [0.29, 0.717) is 96.0 Å². The van der Waals surface area contributed by atoms with Crippen molar-refractivity contribution in [3.8, 4) is 11.8 Å². The Bertz CT molecular complexity index is 2010. The number of benzene rings is 2. The molecule has 0 bridgehead atoms. The molecule has 15 heteroatoms. The number of ether oxygens (including phenoxy) is 4.